The van der Waals surface area contributed by atoms with Crippen LogP contribution in [0.25, 0.3) is 11.2 Å². The molecule has 0 aromatic carbocycles. The zero-order valence-electron chi connectivity index (χ0n) is 14.5. The highest BCUT2D eigenvalue weighted by Crippen LogP contribution is 2.43. The third-order valence-corrected chi connectivity index (χ3v) is 5.18. The van der Waals surface area contributed by atoms with Crippen LogP contribution in [-0.2, 0) is 19.0 Å². The second-order valence-corrected chi connectivity index (χ2v) is 7.60. The molecule has 3 aromatic heterocycles. The van der Waals surface area contributed by atoms with Crippen LogP contribution in [0.1, 0.15) is 20.1 Å². The van der Waals surface area contributed by atoms with Crippen molar-refractivity contribution in [1.29, 1.82) is 0 Å². The number of nitrogens with zero attached hydrogens (tertiary/aromatic N) is 5. The molecule has 0 aliphatic carbocycles. The van der Waals surface area contributed by atoms with E-state index in [1.807, 2.05) is 19.2 Å². The Bertz CT molecular complexity index is 990. The molecule has 0 unspecified atom stereocenters. The SMILES string of the molecule is CC1(C)O[C@@H]2[C@@H](O1)[C@H](n1cnc3c(Nc4nccs4)ncnc31)O[C@H]2C=O. The molecule has 5 rings (SSSR count). The Labute approximate surface area is 157 Å². The average molecular weight is 388 g/mol. The van der Waals surface area contributed by atoms with Gasteiger partial charge in [0.05, 0.1) is 6.33 Å². The van der Waals surface area contributed by atoms with E-state index in [4.69, 9.17) is 14.2 Å². The monoisotopic (exact) mass is 388 g/mol. The van der Waals surface area contributed by atoms with Crippen molar-refractivity contribution in [2.75, 3.05) is 5.32 Å². The minimum absolute atomic E-state index is 0.446. The summed E-state index contributed by atoms with van der Waals surface area (Å²) in [5.41, 5.74) is 1.13. The lowest BCUT2D eigenvalue weighted by atomic mass is 10.1. The van der Waals surface area contributed by atoms with Crippen LogP contribution in [0, 0.1) is 0 Å². The number of carbonyl (C=O) groups excluding carboxylic acids is 1. The van der Waals surface area contributed by atoms with Crippen molar-refractivity contribution in [1.82, 2.24) is 24.5 Å². The van der Waals surface area contributed by atoms with E-state index >= 15 is 0 Å². The molecule has 0 spiro atoms. The number of fused-ring (bicyclic) bond motifs is 2. The molecule has 0 amide bonds. The second-order valence-electron chi connectivity index (χ2n) is 6.70. The third kappa shape index (κ3) is 2.70. The van der Waals surface area contributed by atoms with Gasteiger partial charge in [0, 0.05) is 11.6 Å². The fraction of sp³-hybridized carbons (Fsp3) is 0.438. The molecule has 2 aliphatic rings. The summed E-state index contributed by atoms with van der Waals surface area (Å²) >= 11 is 1.46. The summed E-state index contributed by atoms with van der Waals surface area (Å²) in [5, 5.41) is 5.71. The Balaban J connectivity index is 1.53. The number of imidazole rings is 1. The van der Waals surface area contributed by atoms with E-state index in [9.17, 15) is 4.79 Å². The largest absolute Gasteiger partial charge is 0.341 e. The van der Waals surface area contributed by atoms with Gasteiger partial charge >= 0.3 is 0 Å². The zero-order chi connectivity index (χ0) is 18.6. The molecule has 27 heavy (non-hydrogen) atoms. The molecule has 2 aliphatic heterocycles. The highest BCUT2D eigenvalue weighted by atomic mass is 32.1. The summed E-state index contributed by atoms with van der Waals surface area (Å²) < 4.78 is 19.5. The number of rotatable bonds is 4. The first-order valence-electron chi connectivity index (χ1n) is 8.36. The first-order valence-corrected chi connectivity index (χ1v) is 9.24. The van der Waals surface area contributed by atoms with Crippen molar-refractivity contribution in [3.63, 3.8) is 0 Å². The first kappa shape index (κ1) is 16.7. The Morgan fingerprint density at radius 2 is 2.07 bits per heavy atom. The topological polar surface area (TPSA) is 113 Å². The summed E-state index contributed by atoms with van der Waals surface area (Å²) in [7, 11) is 0. The Hall–Kier alpha value is -2.47. The molecule has 11 heteroatoms. The molecule has 2 saturated heterocycles. The predicted octanol–water partition coefficient (Wildman–Crippen LogP) is 1.64. The molecule has 0 saturated carbocycles. The molecule has 0 radical (unpaired) electrons. The number of thiazole rings is 1. The van der Waals surface area contributed by atoms with E-state index in [1.54, 1.807) is 17.1 Å². The normalized spacial score (nSPS) is 29.1. The van der Waals surface area contributed by atoms with Gasteiger partial charge in [0.2, 0.25) is 0 Å². The van der Waals surface area contributed by atoms with Gasteiger partial charge in [0.15, 0.2) is 40.4 Å². The number of nitrogens with one attached hydrogen (secondary N) is 1. The third-order valence-electron chi connectivity index (χ3n) is 4.49. The lowest BCUT2D eigenvalue weighted by molar-refractivity contribution is -0.194. The molecule has 5 heterocycles. The van der Waals surface area contributed by atoms with Gasteiger partial charge in [0.1, 0.15) is 24.6 Å². The van der Waals surface area contributed by atoms with Crippen LogP contribution >= 0.6 is 11.3 Å². The minimum Gasteiger partial charge on any atom is -0.341 e. The van der Waals surface area contributed by atoms with E-state index in [0.717, 1.165) is 6.29 Å². The van der Waals surface area contributed by atoms with Crippen molar-refractivity contribution < 1.29 is 19.0 Å². The lowest BCUT2D eigenvalue weighted by Crippen LogP contribution is -2.30. The smallest absolute Gasteiger partial charge is 0.188 e. The standard InChI is InChI=1S/C16H16N6O4S/c1-16(2)25-10-8(5-23)24-14(11(10)26-16)22-7-20-9-12(18-6-19-13(9)22)21-15-17-3-4-27-15/h3-8,10-11,14H,1-2H3,(H,17,18,19,21)/t8-,10-,11+,14+/m0/s1. The molecule has 4 atom stereocenters. The maximum atomic E-state index is 11.4. The number of aldehydes is 1. The molecular formula is C16H16N6O4S. The second kappa shape index (κ2) is 6.02. The minimum atomic E-state index is -0.790. The molecule has 2 fully saturated rings. The van der Waals surface area contributed by atoms with Gasteiger partial charge in [-0.25, -0.2) is 19.9 Å². The molecule has 0 bridgehead atoms. The summed E-state index contributed by atoms with van der Waals surface area (Å²) in [6, 6.07) is 0. The van der Waals surface area contributed by atoms with Crippen LogP contribution in [0.5, 0.6) is 0 Å². The van der Waals surface area contributed by atoms with Crippen LogP contribution in [0.15, 0.2) is 24.2 Å². The average Bonchev–Trinajstić information content (AvgIpc) is 3.38. The number of ether oxygens (including phenoxy) is 3. The fourth-order valence-corrected chi connectivity index (χ4v) is 3.99. The number of carbonyl (C=O) groups is 1. The van der Waals surface area contributed by atoms with Crippen LogP contribution in [-0.4, -0.2) is 54.9 Å². The van der Waals surface area contributed by atoms with Gasteiger partial charge in [-0.05, 0) is 13.8 Å². The predicted molar refractivity (Wildman–Crippen MR) is 94.5 cm³/mol. The van der Waals surface area contributed by atoms with Gasteiger partial charge in [-0.3, -0.25) is 4.57 Å². The molecule has 1 N–H and O–H groups in total. The van der Waals surface area contributed by atoms with Gasteiger partial charge in [-0.1, -0.05) is 0 Å². The van der Waals surface area contributed by atoms with Crippen molar-refractivity contribution in [2.45, 2.75) is 44.2 Å². The highest BCUT2D eigenvalue weighted by Gasteiger charge is 2.56. The lowest BCUT2D eigenvalue weighted by Gasteiger charge is -2.23. The summed E-state index contributed by atoms with van der Waals surface area (Å²) in [6.07, 6.45) is 3.27. The Kier molecular flexibility index (Phi) is 3.72. The van der Waals surface area contributed by atoms with Gasteiger partial charge in [-0.2, -0.15) is 0 Å². The van der Waals surface area contributed by atoms with Gasteiger partial charge in [0.25, 0.3) is 0 Å². The summed E-state index contributed by atoms with van der Waals surface area (Å²) in [5.74, 6) is -0.249. The number of hydrogen-bond acceptors (Lipinski definition) is 10. The Morgan fingerprint density at radius 1 is 1.22 bits per heavy atom. The van der Waals surface area contributed by atoms with Crippen molar-refractivity contribution in [3.8, 4) is 0 Å². The van der Waals surface area contributed by atoms with E-state index in [0.29, 0.717) is 22.1 Å². The molecule has 10 nitrogen and oxygen atoms in total. The van der Waals surface area contributed by atoms with Crippen molar-refractivity contribution in [3.05, 3.63) is 24.2 Å². The van der Waals surface area contributed by atoms with Crippen molar-refractivity contribution >= 4 is 39.7 Å². The molecular weight excluding hydrogens is 372 g/mol. The van der Waals surface area contributed by atoms with E-state index in [-0.39, 0.29) is 0 Å². The molecule has 140 valence electrons. The highest BCUT2D eigenvalue weighted by molar-refractivity contribution is 7.13. The molecule has 3 aromatic rings. The van der Waals surface area contributed by atoms with E-state index < -0.39 is 30.3 Å². The van der Waals surface area contributed by atoms with Gasteiger partial charge in [-0.15, -0.1) is 11.3 Å². The van der Waals surface area contributed by atoms with Crippen LogP contribution in [0.3, 0.4) is 0 Å². The Morgan fingerprint density at radius 3 is 2.85 bits per heavy atom. The van der Waals surface area contributed by atoms with Crippen molar-refractivity contribution in [2.24, 2.45) is 0 Å². The number of hydrogen-bond donors (Lipinski definition) is 1. The first-order chi connectivity index (χ1) is 13.1. The quantitative estimate of drug-likeness (QED) is 0.666. The van der Waals surface area contributed by atoms with Gasteiger partial charge < -0.3 is 24.3 Å². The summed E-state index contributed by atoms with van der Waals surface area (Å²) in [6.45, 7) is 3.63. The van der Waals surface area contributed by atoms with Crippen LogP contribution < -0.4 is 5.32 Å². The number of anilines is 2. The zero-order valence-corrected chi connectivity index (χ0v) is 15.3. The summed E-state index contributed by atoms with van der Waals surface area (Å²) in [4.78, 5) is 28.7. The van der Waals surface area contributed by atoms with E-state index in [2.05, 4.69) is 25.3 Å². The fourth-order valence-electron chi connectivity index (χ4n) is 3.46. The van der Waals surface area contributed by atoms with E-state index in [1.165, 1.54) is 17.7 Å². The number of aromatic nitrogens is 5. The van der Waals surface area contributed by atoms with Crippen LogP contribution in [0.2, 0.25) is 0 Å². The van der Waals surface area contributed by atoms with Crippen LogP contribution in [0.4, 0.5) is 10.9 Å². The maximum absolute atomic E-state index is 11.4. The maximum Gasteiger partial charge on any atom is 0.188 e.